The van der Waals surface area contributed by atoms with E-state index in [1.807, 2.05) is 0 Å². The molecule has 0 unspecified atom stereocenters. The summed E-state index contributed by atoms with van der Waals surface area (Å²) in [7, 11) is 0. The van der Waals surface area contributed by atoms with Gasteiger partial charge in [0.05, 0.1) is 21.2 Å². The number of nitro groups is 2. The van der Waals surface area contributed by atoms with Gasteiger partial charge in [0.25, 0.3) is 11.4 Å². The van der Waals surface area contributed by atoms with E-state index in [9.17, 15) is 39.4 Å². The first kappa shape index (κ1) is 33.1. The van der Waals surface area contributed by atoms with Crippen molar-refractivity contribution < 1.29 is 29.0 Å². The molecule has 18 nitrogen and oxygen atoms in total. The number of nitrogens with zero attached hydrogens (tertiary/aromatic N) is 4. The number of nitrogens with one attached hydrogen (secondary N) is 6. The first-order valence-corrected chi connectivity index (χ1v) is 13.7. The number of hydrogen-bond acceptors (Lipinski definition) is 12. The van der Waals surface area contributed by atoms with Crippen molar-refractivity contribution in [2.24, 2.45) is 0 Å². The smallest absolute Gasteiger partial charge is 0.327 e. The molecule has 236 valence electrons. The minimum Gasteiger partial charge on any atom is -0.348 e. The molecule has 0 aliphatic carbocycles. The first-order chi connectivity index (χ1) is 21.1. The fourth-order valence-electron chi connectivity index (χ4n) is 4.11. The Balaban J connectivity index is 1.19. The number of non-ortho nitro benzene ring substituents is 2. The van der Waals surface area contributed by atoms with E-state index in [0.29, 0.717) is 37.3 Å². The number of carbonyl (C=O) groups excluding carboxylic acids is 4. The molecule has 1 aliphatic heterocycles. The second-order valence-electron chi connectivity index (χ2n) is 9.67. The van der Waals surface area contributed by atoms with Gasteiger partial charge in [0.15, 0.2) is 0 Å². The minimum atomic E-state index is -0.882. The molecule has 0 saturated carbocycles. The Morgan fingerprint density at radius 3 is 1.25 bits per heavy atom. The van der Waals surface area contributed by atoms with Crippen molar-refractivity contribution in [1.29, 1.82) is 0 Å². The molecule has 4 amide bonds. The van der Waals surface area contributed by atoms with Crippen LogP contribution in [0.15, 0.2) is 48.5 Å². The summed E-state index contributed by atoms with van der Waals surface area (Å²) in [6.07, 6.45) is 1.31. The molecule has 1 fully saturated rings. The Labute approximate surface area is 251 Å². The molecule has 1 saturated heterocycles. The zero-order valence-corrected chi connectivity index (χ0v) is 23.7. The molecule has 0 aromatic heterocycles. The Kier molecular flexibility index (Phi) is 12.8. The van der Waals surface area contributed by atoms with E-state index in [-0.39, 0.29) is 11.4 Å². The molecule has 18 heteroatoms. The van der Waals surface area contributed by atoms with Crippen molar-refractivity contribution in [3.8, 4) is 0 Å². The van der Waals surface area contributed by atoms with Crippen LogP contribution in [0.1, 0.15) is 12.8 Å². The van der Waals surface area contributed by atoms with Crippen LogP contribution in [0.5, 0.6) is 0 Å². The molecule has 0 radical (unpaired) electrons. The monoisotopic (exact) mass is 614 g/mol. The van der Waals surface area contributed by atoms with E-state index in [1.165, 1.54) is 48.5 Å². The molecule has 1 heterocycles. The Morgan fingerprint density at radius 2 is 0.932 bits per heavy atom. The number of anilines is 2. The lowest BCUT2D eigenvalue weighted by Crippen LogP contribution is -2.48. The van der Waals surface area contributed by atoms with E-state index >= 15 is 0 Å². The third-order valence-electron chi connectivity index (χ3n) is 6.55. The van der Waals surface area contributed by atoms with Gasteiger partial charge in [0.1, 0.15) is 0 Å². The van der Waals surface area contributed by atoms with Crippen molar-refractivity contribution in [3.63, 3.8) is 0 Å². The van der Waals surface area contributed by atoms with E-state index < -0.39 is 33.5 Å². The predicted octanol–water partition coefficient (Wildman–Crippen LogP) is -0.280. The van der Waals surface area contributed by atoms with Gasteiger partial charge in [-0.3, -0.25) is 61.1 Å². The van der Waals surface area contributed by atoms with Crippen molar-refractivity contribution in [2.75, 3.05) is 63.2 Å². The van der Waals surface area contributed by atoms with Crippen LogP contribution in [0, 0.1) is 20.2 Å². The molecule has 2 aromatic rings. The summed E-state index contributed by atoms with van der Waals surface area (Å²) in [5.74, 6) is -3.36. The SMILES string of the molecule is O=C(NCCCN1CCN(CCCNC(=O)C(=O)NNc2ccc([N+](=O)[O-])cc2)CC1)C(=O)NNc1ccc([N+](=O)[O-])cc1. The second kappa shape index (κ2) is 16.9. The lowest BCUT2D eigenvalue weighted by atomic mass is 10.2. The third-order valence-corrected chi connectivity index (χ3v) is 6.55. The van der Waals surface area contributed by atoms with Crippen LogP contribution in [-0.2, 0) is 19.2 Å². The maximum Gasteiger partial charge on any atom is 0.327 e. The van der Waals surface area contributed by atoms with Gasteiger partial charge in [0.2, 0.25) is 0 Å². The van der Waals surface area contributed by atoms with Gasteiger partial charge in [-0.1, -0.05) is 0 Å². The van der Waals surface area contributed by atoms with Gasteiger partial charge in [-0.15, -0.1) is 0 Å². The molecule has 0 atom stereocenters. The highest BCUT2D eigenvalue weighted by Gasteiger charge is 2.18. The standard InChI is InChI=1S/C26H34N10O8/c37-23(25(39)31-29-19-3-7-21(8-4-19)35(41)42)27-11-1-13-33-15-17-34(18-16-33)14-2-12-28-24(38)26(40)32-30-20-5-9-22(10-6-20)36(43)44/h3-10,29-30H,1-2,11-18H2,(H,27,37)(H,28,38)(H,31,39)(H,32,40). The minimum absolute atomic E-state index is 0.0932. The number of hydrogen-bond donors (Lipinski definition) is 6. The van der Waals surface area contributed by atoms with Gasteiger partial charge in [-0.05, 0) is 50.2 Å². The average Bonchev–Trinajstić information content (AvgIpc) is 3.03. The van der Waals surface area contributed by atoms with Gasteiger partial charge >= 0.3 is 23.6 Å². The number of amides is 4. The highest BCUT2D eigenvalue weighted by atomic mass is 16.6. The fraction of sp³-hybridized carbons (Fsp3) is 0.385. The molecule has 2 aromatic carbocycles. The summed E-state index contributed by atoms with van der Waals surface area (Å²) in [4.78, 5) is 72.6. The van der Waals surface area contributed by atoms with Crippen LogP contribution in [-0.4, -0.2) is 95.6 Å². The highest BCUT2D eigenvalue weighted by molar-refractivity contribution is 6.35. The number of piperazine rings is 1. The quantitative estimate of drug-likeness (QED) is 0.0698. The van der Waals surface area contributed by atoms with Gasteiger partial charge in [-0.25, -0.2) is 0 Å². The number of rotatable bonds is 14. The Morgan fingerprint density at radius 1 is 0.591 bits per heavy atom. The lowest BCUT2D eigenvalue weighted by Gasteiger charge is -2.34. The number of hydrazine groups is 2. The molecule has 3 rings (SSSR count). The van der Waals surface area contributed by atoms with Crippen molar-refractivity contribution in [3.05, 3.63) is 68.8 Å². The van der Waals surface area contributed by atoms with Crippen LogP contribution in [0.3, 0.4) is 0 Å². The highest BCUT2D eigenvalue weighted by Crippen LogP contribution is 2.15. The van der Waals surface area contributed by atoms with Crippen molar-refractivity contribution in [2.45, 2.75) is 12.8 Å². The first-order valence-electron chi connectivity index (χ1n) is 13.7. The van der Waals surface area contributed by atoms with Crippen LogP contribution < -0.4 is 32.3 Å². The van der Waals surface area contributed by atoms with Crippen LogP contribution in [0.25, 0.3) is 0 Å². The normalized spacial score (nSPS) is 13.3. The number of nitro benzene ring substituents is 2. The molecule has 6 N–H and O–H groups in total. The lowest BCUT2D eigenvalue weighted by molar-refractivity contribution is -0.385. The second-order valence-corrected chi connectivity index (χ2v) is 9.67. The van der Waals surface area contributed by atoms with Crippen LogP contribution in [0.4, 0.5) is 22.7 Å². The van der Waals surface area contributed by atoms with E-state index in [2.05, 4.69) is 42.1 Å². The summed E-state index contributed by atoms with van der Waals surface area (Å²) in [6, 6.07) is 10.7. The average molecular weight is 615 g/mol. The Bertz CT molecular complexity index is 1210. The van der Waals surface area contributed by atoms with Crippen molar-refractivity contribution >= 4 is 46.4 Å². The van der Waals surface area contributed by atoms with E-state index in [1.54, 1.807) is 0 Å². The molecular formula is C26H34N10O8. The number of benzene rings is 2. The van der Waals surface area contributed by atoms with Gasteiger partial charge < -0.3 is 20.4 Å². The summed E-state index contributed by atoms with van der Waals surface area (Å²) < 4.78 is 0. The maximum absolute atomic E-state index is 12.0. The summed E-state index contributed by atoms with van der Waals surface area (Å²) >= 11 is 0. The molecular weight excluding hydrogens is 580 g/mol. The topological polar surface area (TPSA) is 233 Å². The molecule has 44 heavy (non-hydrogen) atoms. The van der Waals surface area contributed by atoms with Gasteiger partial charge in [0, 0.05) is 63.5 Å². The van der Waals surface area contributed by atoms with E-state index in [4.69, 9.17) is 0 Å². The van der Waals surface area contributed by atoms with Crippen LogP contribution >= 0.6 is 0 Å². The van der Waals surface area contributed by atoms with Crippen molar-refractivity contribution in [1.82, 2.24) is 31.3 Å². The fourth-order valence-corrected chi connectivity index (χ4v) is 4.11. The molecule has 0 bridgehead atoms. The van der Waals surface area contributed by atoms with Crippen LogP contribution in [0.2, 0.25) is 0 Å². The molecule has 0 spiro atoms. The van der Waals surface area contributed by atoms with E-state index in [0.717, 1.165) is 39.3 Å². The zero-order valence-electron chi connectivity index (χ0n) is 23.7. The predicted molar refractivity (Wildman–Crippen MR) is 158 cm³/mol. The Hall–Kier alpha value is -5.36. The number of carbonyl (C=O) groups is 4. The maximum atomic E-state index is 12.0. The summed E-state index contributed by atoms with van der Waals surface area (Å²) in [5, 5.41) is 26.5. The van der Waals surface area contributed by atoms with Gasteiger partial charge in [-0.2, -0.15) is 0 Å². The largest absolute Gasteiger partial charge is 0.348 e. The summed E-state index contributed by atoms with van der Waals surface area (Å²) in [6.45, 7) is 5.45. The molecule has 1 aliphatic rings. The summed E-state index contributed by atoms with van der Waals surface area (Å²) in [5.41, 5.74) is 10.1. The zero-order chi connectivity index (χ0) is 31.9. The third kappa shape index (κ3) is 11.1.